The van der Waals surface area contributed by atoms with Gasteiger partial charge in [-0.1, -0.05) is 0 Å². The zero-order valence-electron chi connectivity index (χ0n) is 18.5. The van der Waals surface area contributed by atoms with Crippen LogP contribution in [0.5, 0.6) is 11.5 Å². The SMILES string of the molecule is COc1ccc(N2CC(C(=O)Nc3ccc4c(c3)CCCN4C(C)=O)CC2=O)cc1OC. The molecule has 1 saturated heterocycles. The molecule has 2 aromatic carbocycles. The summed E-state index contributed by atoms with van der Waals surface area (Å²) in [5.41, 5.74) is 3.29. The number of hydrogen-bond donors (Lipinski definition) is 1. The first-order valence-corrected chi connectivity index (χ1v) is 10.7. The maximum Gasteiger partial charge on any atom is 0.229 e. The molecular weight excluding hydrogens is 410 g/mol. The van der Waals surface area contributed by atoms with Crippen LogP contribution in [0.3, 0.4) is 0 Å². The molecule has 168 valence electrons. The quantitative estimate of drug-likeness (QED) is 0.777. The fourth-order valence-corrected chi connectivity index (χ4v) is 4.37. The molecule has 3 amide bonds. The predicted octanol–water partition coefficient (Wildman–Crippen LogP) is 2.99. The van der Waals surface area contributed by atoms with Gasteiger partial charge in [0.25, 0.3) is 0 Å². The van der Waals surface area contributed by atoms with Crippen molar-refractivity contribution in [1.29, 1.82) is 0 Å². The van der Waals surface area contributed by atoms with Crippen LogP contribution in [-0.4, -0.2) is 45.0 Å². The van der Waals surface area contributed by atoms with E-state index < -0.39 is 5.92 Å². The number of nitrogens with one attached hydrogen (secondary N) is 1. The molecule has 0 aromatic heterocycles. The molecule has 2 heterocycles. The van der Waals surface area contributed by atoms with Crippen LogP contribution in [-0.2, 0) is 20.8 Å². The van der Waals surface area contributed by atoms with Crippen molar-refractivity contribution in [3.8, 4) is 11.5 Å². The maximum absolute atomic E-state index is 12.9. The van der Waals surface area contributed by atoms with Gasteiger partial charge in [-0.05, 0) is 48.7 Å². The summed E-state index contributed by atoms with van der Waals surface area (Å²) in [5, 5.41) is 2.95. The number of nitrogens with zero attached hydrogens (tertiary/aromatic N) is 2. The molecule has 0 aliphatic carbocycles. The lowest BCUT2D eigenvalue weighted by atomic mass is 10.0. The Morgan fingerprint density at radius 2 is 1.84 bits per heavy atom. The normalized spacial score (nSPS) is 17.7. The molecule has 32 heavy (non-hydrogen) atoms. The van der Waals surface area contributed by atoms with Gasteiger partial charge in [0, 0.05) is 49.6 Å². The highest BCUT2D eigenvalue weighted by molar-refractivity contribution is 6.04. The Hall–Kier alpha value is -3.55. The van der Waals surface area contributed by atoms with Crippen molar-refractivity contribution in [2.75, 3.05) is 42.4 Å². The molecule has 8 nitrogen and oxygen atoms in total. The van der Waals surface area contributed by atoms with E-state index in [0.29, 0.717) is 36.0 Å². The first-order valence-electron chi connectivity index (χ1n) is 10.7. The summed E-state index contributed by atoms with van der Waals surface area (Å²) in [4.78, 5) is 40.7. The standard InChI is InChI=1S/C24H27N3O5/c1-15(28)26-10-4-5-16-11-18(6-8-20(16)26)25-24(30)17-12-23(29)27(14-17)19-7-9-21(31-2)22(13-19)32-3/h6-9,11,13,17H,4-5,10,12,14H2,1-3H3,(H,25,30). The number of rotatable bonds is 5. The molecule has 1 atom stereocenters. The van der Waals surface area contributed by atoms with Gasteiger partial charge in [0.1, 0.15) is 0 Å². The van der Waals surface area contributed by atoms with Crippen molar-refractivity contribution in [1.82, 2.24) is 0 Å². The maximum atomic E-state index is 12.9. The number of methoxy groups -OCH3 is 2. The fraction of sp³-hybridized carbons (Fsp3) is 0.375. The van der Waals surface area contributed by atoms with Crippen LogP contribution in [0.4, 0.5) is 17.1 Å². The monoisotopic (exact) mass is 437 g/mol. The third-order valence-electron chi connectivity index (χ3n) is 6.02. The lowest BCUT2D eigenvalue weighted by molar-refractivity contribution is -0.122. The Labute approximate surface area is 187 Å². The van der Waals surface area contributed by atoms with Gasteiger partial charge in [0.15, 0.2) is 11.5 Å². The van der Waals surface area contributed by atoms with Crippen LogP contribution in [0, 0.1) is 5.92 Å². The minimum atomic E-state index is -0.458. The molecule has 0 bridgehead atoms. The number of fused-ring (bicyclic) bond motifs is 1. The lowest BCUT2D eigenvalue weighted by Crippen LogP contribution is -2.33. The van der Waals surface area contributed by atoms with Crippen LogP contribution in [0.15, 0.2) is 36.4 Å². The molecule has 2 aliphatic rings. The Kier molecular flexibility index (Phi) is 6.03. The van der Waals surface area contributed by atoms with Gasteiger partial charge in [-0.2, -0.15) is 0 Å². The topological polar surface area (TPSA) is 88.2 Å². The highest BCUT2D eigenvalue weighted by Crippen LogP contribution is 2.35. The molecule has 0 saturated carbocycles. The average molecular weight is 437 g/mol. The highest BCUT2D eigenvalue weighted by atomic mass is 16.5. The van der Waals surface area contributed by atoms with E-state index >= 15 is 0 Å². The number of aryl methyl sites for hydroxylation is 1. The van der Waals surface area contributed by atoms with E-state index in [2.05, 4.69) is 5.32 Å². The second-order valence-electron chi connectivity index (χ2n) is 8.05. The van der Waals surface area contributed by atoms with E-state index in [1.165, 1.54) is 7.11 Å². The largest absolute Gasteiger partial charge is 0.493 e. The predicted molar refractivity (Wildman–Crippen MR) is 121 cm³/mol. The molecule has 0 spiro atoms. The minimum absolute atomic E-state index is 0.0162. The van der Waals surface area contributed by atoms with E-state index in [1.54, 1.807) is 48.1 Å². The summed E-state index contributed by atoms with van der Waals surface area (Å²) in [6.07, 6.45) is 1.89. The summed E-state index contributed by atoms with van der Waals surface area (Å²) < 4.78 is 10.6. The molecule has 8 heteroatoms. The first kappa shape index (κ1) is 21.7. The first-order chi connectivity index (χ1) is 15.4. The molecule has 1 fully saturated rings. The van der Waals surface area contributed by atoms with Crippen LogP contribution >= 0.6 is 0 Å². The number of amides is 3. The number of carbonyl (C=O) groups is 3. The number of benzene rings is 2. The van der Waals surface area contributed by atoms with Gasteiger partial charge >= 0.3 is 0 Å². The Morgan fingerprint density at radius 1 is 1.06 bits per heavy atom. The van der Waals surface area contributed by atoms with Crippen molar-refractivity contribution >= 4 is 34.8 Å². The minimum Gasteiger partial charge on any atom is -0.493 e. The van der Waals surface area contributed by atoms with E-state index in [9.17, 15) is 14.4 Å². The second kappa shape index (κ2) is 8.90. The van der Waals surface area contributed by atoms with E-state index in [1.807, 2.05) is 12.1 Å². The van der Waals surface area contributed by atoms with Crippen molar-refractivity contribution < 1.29 is 23.9 Å². The zero-order chi connectivity index (χ0) is 22.8. The molecule has 4 rings (SSSR count). The van der Waals surface area contributed by atoms with Gasteiger partial charge in [-0.25, -0.2) is 0 Å². The zero-order valence-corrected chi connectivity index (χ0v) is 18.5. The molecule has 1 N–H and O–H groups in total. The van der Waals surface area contributed by atoms with Gasteiger partial charge in [0.05, 0.1) is 20.1 Å². The highest BCUT2D eigenvalue weighted by Gasteiger charge is 2.35. The second-order valence-corrected chi connectivity index (χ2v) is 8.05. The Bertz CT molecular complexity index is 1070. The van der Waals surface area contributed by atoms with Gasteiger partial charge in [0.2, 0.25) is 17.7 Å². The van der Waals surface area contributed by atoms with Crippen molar-refractivity contribution in [2.45, 2.75) is 26.2 Å². The van der Waals surface area contributed by atoms with Gasteiger partial charge in [-0.15, -0.1) is 0 Å². The van der Waals surface area contributed by atoms with Crippen LogP contribution < -0.4 is 24.6 Å². The molecule has 2 aliphatic heterocycles. The molecule has 1 unspecified atom stereocenters. The third-order valence-corrected chi connectivity index (χ3v) is 6.02. The lowest BCUT2D eigenvalue weighted by Gasteiger charge is -2.29. The number of hydrogen-bond acceptors (Lipinski definition) is 5. The fourth-order valence-electron chi connectivity index (χ4n) is 4.37. The molecule has 0 radical (unpaired) electrons. The number of ether oxygens (including phenoxy) is 2. The molecular formula is C24H27N3O5. The summed E-state index contributed by atoms with van der Waals surface area (Å²) >= 11 is 0. The van der Waals surface area contributed by atoms with Crippen molar-refractivity contribution in [3.63, 3.8) is 0 Å². The van der Waals surface area contributed by atoms with E-state index in [4.69, 9.17) is 9.47 Å². The average Bonchev–Trinajstić information content (AvgIpc) is 3.19. The third kappa shape index (κ3) is 4.12. The number of anilines is 3. The van der Waals surface area contributed by atoms with Crippen LogP contribution in [0.2, 0.25) is 0 Å². The Morgan fingerprint density at radius 3 is 2.56 bits per heavy atom. The summed E-state index contributed by atoms with van der Waals surface area (Å²) in [5.74, 6) is 0.357. The summed E-state index contributed by atoms with van der Waals surface area (Å²) in [6, 6.07) is 10.9. The van der Waals surface area contributed by atoms with Crippen molar-refractivity contribution in [2.24, 2.45) is 5.92 Å². The smallest absolute Gasteiger partial charge is 0.229 e. The summed E-state index contributed by atoms with van der Waals surface area (Å²) in [7, 11) is 3.09. The van der Waals surface area contributed by atoms with Crippen molar-refractivity contribution in [3.05, 3.63) is 42.0 Å². The molecule has 2 aromatic rings. The van der Waals surface area contributed by atoms with Crippen LogP contribution in [0.1, 0.15) is 25.3 Å². The van der Waals surface area contributed by atoms with E-state index in [0.717, 1.165) is 24.1 Å². The van der Waals surface area contributed by atoms with Gasteiger partial charge in [-0.3, -0.25) is 14.4 Å². The van der Waals surface area contributed by atoms with E-state index in [-0.39, 0.29) is 24.1 Å². The number of carbonyl (C=O) groups excluding carboxylic acids is 3. The van der Waals surface area contributed by atoms with Crippen LogP contribution in [0.25, 0.3) is 0 Å². The van der Waals surface area contributed by atoms with Gasteiger partial charge < -0.3 is 24.6 Å². The summed E-state index contributed by atoms with van der Waals surface area (Å²) in [6.45, 7) is 2.57. The Balaban J connectivity index is 1.46.